The maximum absolute atomic E-state index is 12.8. The highest BCUT2D eigenvalue weighted by Gasteiger charge is 2.35. The SMILES string of the molecule is Cc1cc(NC(=O)c2cc(C(F)(F)F)n(C)n2)nn1Cc1cccc(Cl)c1. The zero-order valence-corrected chi connectivity index (χ0v) is 15.1. The summed E-state index contributed by atoms with van der Waals surface area (Å²) in [4.78, 5) is 12.2. The molecule has 1 aromatic carbocycles. The van der Waals surface area contributed by atoms with Crippen molar-refractivity contribution in [3.8, 4) is 0 Å². The average molecular weight is 398 g/mol. The molecule has 0 atom stereocenters. The molecule has 0 aliphatic rings. The van der Waals surface area contributed by atoms with E-state index in [0.717, 1.165) is 18.3 Å². The minimum Gasteiger partial charge on any atom is -0.304 e. The molecule has 0 aliphatic carbocycles. The highest BCUT2D eigenvalue weighted by molar-refractivity contribution is 6.30. The molecule has 2 aromatic heterocycles. The Labute approximate surface area is 157 Å². The Balaban J connectivity index is 1.76. The molecule has 3 rings (SSSR count). The molecule has 2 heterocycles. The van der Waals surface area contributed by atoms with Crippen LogP contribution in [0.25, 0.3) is 0 Å². The van der Waals surface area contributed by atoms with Gasteiger partial charge in [0, 0.05) is 29.9 Å². The van der Waals surface area contributed by atoms with E-state index in [-0.39, 0.29) is 11.5 Å². The number of aryl methyl sites for hydroxylation is 2. The molecule has 142 valence electrons. The number of hydrogen-bond donors (Lipinski definition) is 1. The van der Waals surface area contributed by atoms with Crippen LogP contribution in [0.4, 0.5) is 19.0 Å². The van der Waals surface area contributed by atoms with Crippen LogP contribution in [0.3, 0.4) is 0 Å². The lowest BCUT2D eigenvalue weighted by molar-refractivity contribution is -0.143. The van der Waals surface area contributed by atoms with E-state index in [0.29, 0.717) is 22.3 Å². The largest absolute Gasteiger partial charge is 0.433 e. The lowest BCUT2D eigenvalue weighted by atomic mass is 10.2. The molecular weight excluding hydrogens is 383 g/mol. The van der Waals surface area contributed by atoms with Gasteiger partial charge in [-0.3, -0.25) is 14.2 Å². The van der Waals surface area contributed by atoms with E-state index in [1.54, 1.807) is 29.8 Å². The number of anilines is 1. The van der Waals surface area contributed by atoms with Gasteiger partial charge in [-0.1, -0.05) is 23.7 Å². The van der Waals surface area contributed by atoms with Gasteiger partial charge in [0.2, 0.25) is 0 Å². The minimum absolute atomic E-state index is 0.221. The number of hydrogen-bond acceptors (Lipinski definition) is 3. The molecule has 0 fully saturated rings. The van der Waals surface area contributed by atoms with Crippen molar-refractivity contribution >= 4 is 23.3 Å². The molecule has 0 spiro atoms. The number of nitrogens with one attached hydrogen (secondary N) is 1. The van der Waals surface area contributed by atoms with Crippen LogP contribution in [-0.2, 0) is 19.8 Å². The van der Waals surface area contributed by atoms with Crippen molar-refractivity contribution in [3.63, 3.8) is 0 Å². The highest BCUT2D eigenvalue weighted by atomic mass is 35.5. The van der Waals surface area contributed by atoms with Crippen LogP contribution in [0, 0.1) is 6.92 Å². The zero-order chi connectivity index (χ0) is 19.8. The Morgan fingerprint density at radius 2 is 1.96 bits per heavy atom. The first kappa shape index (κ1) is 19.0. The van der Waals surface area contributed by atoms with Crippen LogP contribution in [0.2, 0.25) is 5.02 Å². The van der Waals surface area contributed by atoms with E-state index in [9.17, 15) is 18.0 Å². The van der Waals surface area contributed by atoms with Crippen LogP contribution >= 0.6 is 11.6 Å². The Morgan fingerprint density at radius 3 is 2.59 bits per heavy atom. The first-order chi connectivity index (χ1) is 12.6. The molecule has 10 heteroatoms. The van der Waals surface area contributed by atoms with Gasteiger partial charge in [-0.05, 0) is 24.6 Å². The third-order valence-corrected chi connectivity index (χ3v) is 4.08. The van der Waals surface area contributed by atoms with Gasteiger partial charge in [-0.25, -0.2) is 0 Å². The average Bonchev–Trinajstić information content (AvgIpc) is 3.10. The third kappa shape index (κ3) is 4.30. The summed E-state index contributed by atoms with van der Waals surface area (Å²) in [7, 11) is 1.13. The van der Waals surface area contributed by atoms with Gasteiger partial charge in [0.15, 0.2) is 11.5 Å². The number of halogens is 4. The molecular formula is C17H15ClF3N5O. The van der Waals surface area contributed by atoms with Gasteiger partial charge in [-0.2, -0.15) is 23.4 Å². The molecule has 3 aromatic rings. The van der Waals surface area contributed by atoms with E-state index in [4.69, 9.17) is 11.6 Å². The standard InChI is InChI=1S/C17H15ClF3N5O/c1-10-6-15(24-26(10)9-11-4-3-5-12(18)7-11)22-16(27)13-8-14(17(19,20)21)25(2)23-13/h3-8H,9H2,1-2H3,(H,22,24,27). The van der Waals surface area contributed by atoms with Gasteiger partial charge in [0.25, 0.3) is 5.91 Å². The normalized spacial score (nSPS) is 11.6. The summed E-state index contributed by atoms with van der Waals surface area (Å²) in [6, 6.07) is 9.58. The van der Waals surface area contributed by atoms with Crippen LogP contribution < -0.4 is 5.32 Å². The summed E-state index contributed by atoms with van der Waals surface area (Å²) >= 11 is 5.96. The minimum atomic E-state index is -4.59. The second-order valence-corrected chi connectivity index (χ2v) is 6.39. The number of nitrogens with zero attached hydrogens (tertiary/aromatic N) is 4. The molecule has 0 radical (unpaired) electrons. The monoisotopic (exact) mass is 397 g/mol. The fourth-order valence-corrected chi connectivity index (χ4v) is 2.78. The van der Waals surface area contributed by atoms with Crippen LogP contribution in [0.15, 0.2) is 36.4 Å². The summed E-state index contributed by atoms with van der Waals surface area (Å²) in [5.74, 6) is -0.549. The number of rotatable bonds is 4. The molecule has 6 nitrogen and oxygen atoms in total. The van der Waals surface area contributed by atoms with Crippen molar-refractivity contribution in [2.45, 2.75) is 19.6 Å². The third-order valence-electron chi connectivity index (χ3n) is 3.85. The van der Waals surface area contributed by atoms with Crippen molar-refractivity contribution in [3.05, 3.63) is 64.1 Å². The summed E-state index contributed by atoms with van der Waals surface area (Å²) in [6.07, 6.45) is -4.59. The quantitative estimate of drug-likeness (QED) is 0.726. The first-order valence-electron chi connectivity index (χ1n) is 7.85. The lowest BCUT2D eigenvalue weighted by Crippen LogP contribution is -2.14. The fourth-order valence-electron chi connectivity index (χ4n) is 2.56. The van der Waals surface area contributed by atoms with Crippen LogP contribution in [0.5, 0.6) is 0 Å². The van der Waals surface area contributed by atoms with Crippen molar-refractivity contribution in [1.82, 2.24) is 19.6 Å². The topological polar surface area (TPSA) is 64.7 Å². The second-order valence-electron chi connectivity index (χ2n) is 5.95. The van der Waals surface area contributed by atoms with Crippen LogP contribution in [-0.4, -0.2) is 25.5 Å². The van der Waals surface area contributed by atoms with Gasteiger partial charge < -0.3 is 5.32 Å². The molecule has 0 saturated heterocycles. The fraction of sp³-hybridized carbons (Fsp3) is 0.235. The predicted octanol–water partition coefficient (Wildman–Crippen LogP) is 3.90. The van der Waals surface area contributed by atoms with E-state index in [1.807, 2.05) is 12.1 Å². The molecule has 0 aliphatic heterocycles. The van der Waals surface area contributed by atoms with Gasteiger partial charge in [0.05, 0.1) is 6.54 Å². The van der Waals surface area contributed by atoms with Crippen molar-refractivity contribution in [1.29, 1.82) is 0 Å². The summed E-state index contributed by atoms with van der Waals surface area (Å²) in [5.41, 5.74) is 0.343. The van der Waals surface area contributed by atoms with E-state index in [2.05, 4.69) is 15.5 Å². The molecule has 1 amide bonds. The Bertz CT molecular complexity index is 993. The summed E-state index contributed by atoms with van der Waals surface area (Å²) < 4.78 is 40.8. The molecule has 1 N–H and O–H groups in total. The molecule has 0 bridgehead atoms. The van der Waals surface area contributed by atoms with Crippen molar-refractivity contribution in [2.24, 2.45) is 7.05 Å². The summed E-state index contributed by atoms with van der Waals surface area (Å²) in [6.45, 7) is 2.24. The van der Waals surface area contributed by atoms with Crippen molar-refractivity contribution in [2.75, 3.05) is 5.32 Å². The maximum Gasteiger partial charge on any atom is 0.433 e. The van der Waals surface area contributed by atoms with Gasteiger partial charge in [0.1, 0.15) is 5.69 Å². The molecule has 0 unspecified atom stereocenters. The lowest BCUT2D eigenvalue weighted by Gasteiger charge is -2.05. The second kappa shape index (κ2) is 7.07. The Kier molecular flexibility index (Phi) is 4.97. The number of carbonyl (C=O) groups excluding carboxylic acids is 1. The zero-order valence-electron chi connectivity index (χ0n) is 14.4. The van der Waals surface area contributed by atoms with Crippen LogP contribution in [0.1, 0.15) is 27.4 Å². The Morgan fingerprint density at radius 1 is 1.22 bits per heavy atom. The Hall–Kier alpha value is -2.81. The molecule has 0 saturated carbocycles. The highest BCUT2D eigenvalue weighted by Crippen LogP contribution is 2.29. The smallest absolute Gasteiger partial charge is 0.304 e. The first-order valence-corrected chi connectivity index (χ1v) is 8.23. The number of amides is 1. The number of carbonyl (C=O) groups is 1. The number of benzene rings is 1. The summed E-state index contributed by atoms with van der Waals surface area (Å²) in [5, 5.41) is 10.9. The van der Waals surface area contributed by atoms with Crippen molar-refractivity contribution < 1.29 is 18.0 Å². The van der Waals surface area contributed by atoms with Gasteiger partial charge >= 0.3 is 6.18 Å². The van der Waals surface area contributed by atoms with E-state index in [1.165, 1.54) is 0 Å². The maximum atomic E-state index is 12.8. The number of alkyl halides is 3. The van der Waals surface area contributed by atoms with E-state index < -0.39 is 17.8 Å². The van der Waals surface area contributed by atoms with Gasteiger partial charge in [-0.15, -0.1) is 0 Å². The predicted molar refractivity (Wildman–Crippen MR) is 93.7 cm³/mol. The number of aromatic nitrogens is 4. The van der Waals surface area contributed by atoms with E-state index >= 15 is 0 Å². The molecule has 27 heavy (non-hydrogen) atoms.